The van der Waals surface area contributed by atoms with Gasteiger partial charge in [0.15, 0.2) is 0 Å². The monoisotopic (exact) mass is 419 g/mol. The molecule has 0 bridgehead atoms. The molecule has 0 saturated carbocycles. The number of methoxy groups -OCH3 is 1. The van der Waals surface area contributed by atoms with Crippen molar-refractivity contribution in [3.8, 4) is 11.1 Å². The van der Waals surface area contributed by atoms with Crippen LogP contribution in [0.15, 0.2) is 41.8 Å². The van der Waals surface area contributed by atoms with Crippen LogP contribution in [0.5, 0.6) is 0 Å². The van der Waals surface area contributed by atoms with E-state index in [1.54, 1.807) is 41.8 Å². The molecular weight excluding hydrogens is 402 g/mol. The second-order valence-corrected chi connectivity index (χ2v) is 7.60. The van der Waals surface area contributed by atoms with Crippen LogP contribution in [-0.2, 0) is 14.3 Å². The van der Waals surface area contributed by atoms with E-state index >= 15 is 0 Å². The van der Waals surface area contributed by atoms with Gasteiger partial charge in [-0.05, 0) is 18.9 Å². The summed E-state index contributed by atoms with van der Waals surface area (Å²) in [5.74, 6) is -3.56. The number of amides is 1. The fourth-order valence-corrected chi connectivity index (χ4v) is 4.40. The first-order valence-corrected chi connectivity index (χ1v) is 9.83. The molecule has 6 nitrogen and oxygen atoms in total. The number of ether oxygens (including phenoxy) is 1. The minimum absolute atomic E-state index is 0.201. The van der Waals surface area contributed by atoms with Gasteiger partial charge in [0.25, 0.3) is 0 Å². The van der Waals surface area contributed by atoms with Crippen LogP contribution >= 0.6 is 22.9 Å². The van der Waals surface area contributed by atoms with E-state index in [9.17, 15) is 19.5 Å². The Kier molecular flexibility index (Phi) is 6.16. The number of carbonyl (C=O) groups excluding carboxylic acids is 2. The highest BCUT2D eigenvalue weighted by Gasteiger charge is 2.35. The van der Waals surface area contributed by atoms with Crippen LogP contribution in [0.4, 0.5) is 5.00 Å². The van der Waals surface area contributed by atoms with Crippen molar-refractivity contribution in [3.05, 3.63) is 52.4 Å². The van der Waals surface area contributed by atoms with Crippen molar-refractivity contribution in [1.82, 2.24) is 0 Å². The van der Waals surface area contributed by atoms with Crippen molar-refractivity contribution in [2.75, 3.05) is 12.4 Å². The number of rotatable bonds is 5. The highest BCUT2D eigenvalue weighted by Crippen LogP contribution is 2.39. The van der Waals surface area contributed by atoms with E-state index in [0.29, 0.717) is 34.0 Å². The van der Waals surface area contributed by atoms with Crippen LogP contribution in [-0.4, -0.2) is 30.1 Å². The molecular formula is C20H18ClNO5S. The summed E-state index contributed by atoms with van der Waals surface area (Å²) in [6.07, 6.45) is 4.20. The smallest absolute Gasteiger partial charge is 0.341 e. The van der Waals surface area contributed by atoms with Crippen molar-refractivity contribution in [1.29, 1.82) is 0 Å². The molecule has 1 aliphatic rings. The summed E-state index contributed by atoms with van der Waals surface area (Å²) >= 11 is 7.43. The van der Waals surface area contributed by atoms with Crippen molar-refractivity contribution < 1.29 is 24.2 Å². The molecule has 8 heteroatoms. The minimum atomic E-state index is -1.01. The van der Waals surface area contributed by atoms with Gasteiger partial charge in [-0.1, -0.05) is 42.0 Å². The van der Waals surface area contributed by atoms with E-state index < -0.39 is 29.7 Å². The molecule has 2 aromatic rings. The van der Waals surface area contributed by atoms with Gasteiger partial charge in [-0.15, -0.1) is 11.3 Å². The standard InChI is InChI=1S/C20H18ClNO5S/c1-27-20(26)16-14(11-6-4-5-9-15(11)21)10-28-18(16)22-17(23)12-7-2-3-8-13(12)19(24)25/h2-6,9-10,12-13H,7-8H2,1H3,(H,22,23)(H,24,25)/t12-,13+/m0/s1. The minimum Gasteiger partial charge on any atom is -0.481 e. The lowest BCUT2D eigenvalue weighted by molar-refractivity contribution is -0.146. The maximum absolute atomic E-state index is 12.8. The number of nitrogens with one attached hydrogen (secondary N) is 1. The number of esters is 1. The lowest BCUT2D eigenvalue weighted by Gasteiger charge is -2.24. The zero-order valence-corrected chi connectivity index (χ0v) is 16.5. The Morgan fingerprint density at radius 1 is 1.14 bits per heavy atom. The molecule has 0 radical (unpaired) electrons. The quantitative estimate of drug-likeness (QED) is 0.551. The maximum Gasteiger partial charge on any atom is 0.341 e. The lowest BCUT2D eigenvalue weighted by Crippen LogP contribution is -2.34. The zero-order valence-electron chi connectivity index (χ0n) is 15.0. The summed E-state index contributed by atoms with van der Waals surface area (Å²) in [5.41, 5.74) is 1.40. The average Bonchev–Trinajstić information content (AvgIpc) is 3.10. The molecule has 2 atom stereocenters. The number of aliphatic carboxylic acids is 1. The lowest BCUT2D eigenvalue weighted by atomic mass is 9.82. The number of carboxylic acids is 1. The Bertz CT molecular complexity index is 952. The van der Waals surface area contributed by atoms with E-state index in [2.05, 4.69) is 5.32 Å². The fraction of sp³-hybridized carbons (Fsp3) is 0.250. The molecule has 1 aliphatic carbocycles. The van der Waals surface area contributed by atoms with Gasteiger partial charge in [0.2, 0.25) is 5.91 Å². The topological polar surface area (TPSA) is 92.7 Å². The summed E-state index contributed by atoms with van der Waals surface area (Å²) < 4.78 is 4.89. The van der Waals surface area contributed by atoms with Crippen molar-refractivity contribution in [2.24, 2.45) is 11.8 Å². The van der Waals surface area contributed by atoms with Gasteiger partial charge in [-0.25, -0.2) is 4.79 Å². The molecule has 1 aromatic carbocycles. The maximum atomic E-state index is 12.8. The number of anilines is 1. The SMILES string of the molecule is COC(=O)c1c(-c2ccccc2Cl)csc1NC(=O)[C@H]1CC=CC[C@H]1C(=O)O. The largest absolute Gasteiger partial charge is 0.481 e. The molecule has 0 spiro atoms. The first-order valence-electron chi connectivity index (χ1n) is 8.57. The molecule has 1 heterocycles. The van der Waals surface area contributed by atoms with Gasteiger partial charge in [-0.3, -0.25) is 9.59 Å². The first kappa shape index (κ1) is 20.1. The third-order valence-corrected chi connectivity index (χ3v) is 5.89. The molecule has 0 saturated heterocycles. The normalized spacial score (nSPS) is 18.5. The van der Waals surface area contributed by atoms with E-state index in [1.165, 1.54) is 18.4 Å². The van der Waals surface area contributed by atoms with Gasteiger partial charge in [0.05, 0.1) is 18.9 Å². The Hall–Kier alpha value is -2.64. The van der Waals surface area contributed by atoms with Crippen LogP contribution < -0.4 is 5.32 Å². The number of hydrogen-bond acceptors (Lipinski definition) is 5. The molecule has 146 valence electrons. The second-order valence-electron chi connectivity index (χ2n) is 6.31. The molecule has 28 heavy (non-hydrogen) atoms. The summed E-state index contributed by atoms with van der Waals surface area (Å²) in [4.78, 5) is 36.7. The molecule has 1 aromatic heterocycles. The molecule has 0 aliphatic heterocycles. The molecule has 2 N–H and O–H groups in total. The van der Waals surface area contributed by atoms with E-state index in [0.717, 1.165) is 0 Å². The van der Waals surface area contributed by atoms with Crippen molar-refractivity contribution >= 4 is 45.8 Å². The third kappa shape index (κ3) is 3.95. The van der Waals surface area contributed by atoms with Crippen LogP contribution in [0.1, 0.15) is 23.2 Å². The van der Waals surface area contributed by atoms with Crippen LogP contribution in [0.2, 0.25) is 5.02 Å². The van der Waals surface area contributed by atoms with Crippen LogP contribution in [0, 0.1) is 11.8 Å². The Morgan fingerprint density at radius 3 is 2.46 bits per heavy atom. The summed E-state index contributed by atoms with van der Waals surface area (Å²) in [6.45, 7) is 0. The molecule has 0 unspecified atom stereocenters. The fourth-order valence-electron chi connectivity index (χ4n) is 3.21. The number of hydrogen-bond donors (Lipinski definition) is 2. The Balaban J connectivity index is 1.95. The van der Waals surface area contributed by atoms with Gasteiger partial charge >= 0.3 is 11.9 Å². The van der Waals surface area contributed by atoms with Crippen LogP contribution in [0.25, 0.3) is 11.1 Å². The first-order chi connectivity index (χ1) is 13.4. The average molecular weight is 420 g/mol. The van der Waals surface area contributed by atoms with Crippen molar-refractivity contribution in [3.63, 3.8) is 0 Å². The number of thiophene rings is 1. The number of benzene rings is 1. The Labute approximate surface area is 170 Å². The predicted molar refractivity (Wildman–Crippen MR) is 108 cm³/mol. The van der Waals surface area contributed by atoms with Crippen LogP contribution in [0.3, 0.4) is 0 Å². The van der Waals surface area contributed by atoms with E-state index in [-0.39, 0.29) is 5.56 Å². The number of carbonyl (C=O) groups is 3. The van der Waals surface area contributed by atoms with Gasteiger partial charge in [0, 0.05) is 21.5 Å². The third-order valence-electron chi connectivity index (χ3n) is 4.67. The summed E-state index contributed by atoms with van der Waals surface area (Å²) in [5, 5.41) is 14.6. The van der Waals surface area contributed by atoms with Gasteiger partial charge < -0.3 is 15.2 Å². The van der Waals surface area contributed by atoms with E-state index in [1.807, 2.05) is 0 Å². The second kappa shape index (κ2) is 8.58. The predicted octanol–water partition coefficient (Wildman–Crippen LogP) is 4.46. The molecule has 3 rings (SSSR count). The summed E-state index contributed by atoms with van der Waals surface area (Å²) in [6, 6.07) is 7.06. The Morgan fingerprint density at radius 2 is 1.82 bits per heavy atom. The zero-order chi connectivity index (χ0) is 20.3. The summed E-state index contributed by atoms with van der Waals surface area (Å²) in [7, 11) is 1.26. The number of allylic oxidation sites excluding steroid dienone is 2. The highest BCUT2D eigenvalue weighted by molar-refractivity contribution is 7.15. The number of carboxylic acid groups (broad SMARTS) is 1. The molecule has 1 amide bonds. The van der Waals surface area contributed by atoms with Gasteiger partial charge in [0.1, 0.15) is 10.6 Å². The van der Waals surface area contributed by atoms with Crippen molar-refractivity contribution in [2.45, 2.75) is 12.8 Å². The van der Waals surface area contributed by atoms with E-state index in [4.69, 9.17) is 16.3 Å². The molecule has 0 fully saturated rings. The number of halogens is 1. The van der Waals surface area contributed by atoms with Gasteiger partial charge in [-0.2, -0.15) is 0 Å². The highest BCUT2D eigenvalue weighted by atomic mass is 35.5.